The van der Waals surface area contributed by atoms with Crippen LogP contribution in [0.1, 0.15) is 36.0 Å². The van der Waals surface area contributed by atoms with E-state index in [1.54, 1.807) is 28.9 Å². The van der Waals surface area contributed by atoms with Gasteiger partial charge in [0, 0.05) is 35.8 Å². The Morgan fingerprint density at radius 1 is 1.15 bits per heavy atom. The van der Waals surface area contributed by atoms with Gasteiger partial charge < -0.3 is 5.32 Å². The average molecular weight is 384 g/mol. The van der Waals surface area contributed by atoms with Crippen molar-refractivity contribution in [3.05, 3.63) is 48.4 Å². The van der Waals surface area contributed by atoms with Gasteiger partial charge in [0.1, 0.15) is 0 Å². The Hall–Kier alpha value is -2.74. The molecule has 2 heterocycles. The number of aromatic nitrogens is 3. The van der Waals surface area contributed by atoms with E-state index in [2.05, 4.69) is 15.3 Å². The minimum absolute atomic E-state index is 0.0520. The molecule has 2 aromatic heterocycles. The summed E-state index contributed by atoms with van der Waals surface area (Å²) in [6, 6.07) is 7.51. The molecule has 0 atom stereocenters. The smallest absolute Gasteiger partial charge is 0.251 e. The molecule has 1 aliphatic carbocycles. The van der Waals surface area contributed by atoms with Gasteiger partial charge in [-0.15, -0.1) is 0 Å². The van der Waals surface area contributed by atoms with Crippen LogP contribution in [0.4, 0.5) is 0 Å². The second kappa shape index (κ2) is 6.77. The summed E-state index contributed by atoms with van der Waals surface area (Å²) < 4.78 is 25.5. The molecule has 1 fully saturated rings. The first-order chi connectivity index (χ1) is 12.9. The Labute approximate surface area is 157 Å². The number of sulfone groups is 1. The molecule has 7 nitrogen and oxygen atoms in total. The van der Waals surface area contributed by atoms with Crippen LogP contribution in [0.15, 0.2) is 47.9 Å². The molecule has 1 saturated carbocycles. The Morgan fingerprint density at radius 2 is 1.85 bits per heavy atom. The van der Waals surface area contributed by atoms with Crippen LogP contribution in [0.5, 0.6) is 0 Å². The van der Waals surface area contributed by atoms with E-state index in [-0.39, 0.29) is 22.6 Å². The van der Waals surface area contributed by atoms with E-state index in [0.717, 1.165) is 30.4 Å². The molecule has 1 aromatic carbocycles. The number of hydrogen-bond donors (Lipinski definition) is 1. The van der Waals surface area contributed by atoms with E-state index in [1.807, 2.05) is 12.1 Å². The van der Waals surface area contributed by atoms with Gasteiger partial charge in [-0.2, -0.15) is 0 Å². The molecule has 27 heavy (non-hydrogen) atoms. The lowest BCUT2D eigenvalue weighted by Crippen LogP contribution is -2.32. The minimum Gasteiger partial charge on any atom is -0.349 e. The van der Waals surface area contributed by atoms with Crippen molar-refractivity contribution in [1.82, 2.24) is 19.7 Å². The van der Waals surface area contributed by atoms with Crippen LogP contribution in [0.3, 0.4) is 0 Å². The number of carbonyl (C=O) groups is 1. The van der Waals surface area contributed by atoms with Crippen molar-refractivity contribution in [3.8, 4) is 11.3 Å². The van der Waals surface area contributed by atoms with Crippen molar-refractivity contribution in [2.45, 2.75) is 36.8 Å². The van der Waals surface area contributed by atoms with Gasteiger partial charge in [0.05, 0.1) is 11.9 Å². The summed E-state index contributed by atoms with van der Waals surface area (Å²) in [5, 5.41) is 3.02. The fourth-order valence-corrected chi connectivity index (χ4v) is 4.24. The molecule has 0 spiro atoms. The van der Waals surface area contributed by atoms with Gasteiger partial charge in [-0.25, -0.2) is 18.4 Å². The molecule has 8 heteroatoms. The first-order valence-electron chi connectivity index (χ1n) is 8.87. The van der Waals surface area contributed by atoms with Crippen molar-refractivity contribution in [2.24, 2.45) is 0 Å². The molecule has 1 aliphatic rings. The summed E-state index contributed by atoms with van der Waals surface area (Å²) >= 11 is 0. The van der Waals surface area contributed by atoms with Crippen molar-refractivity contribution >= 4 is 21.4 Å². The van der Waals surface area contributed by atoms with Gasteiger partial charge in [-0.3, -0.25) is 9.20 Å². The summed E-state index contributed by atoms with van der Waals surface area (Å²) in [6.07, 6.45) is 10.3. The molecule has 0 aliphatic heterocycles. The normalized spacial score (nSPS) is 15.3. The molecule has 0 saturated heterocycles. The minimum atomic E-state index is -3.48. The summed E-state index contributed by atoms with van der Waals surface area (Å²) in [4.78, 5) is 20.5. The Bertz CT molecular complexity index is 1100. The van der Waals surface area contributed by atoms with E-state index >= 15 is 0 Å². The monoisotopic (exact) mass is 384 g/mol. The van der Waals surface area contributed by atoms with Crippen LogP contribution in [0.25, 0.3) is 16.9 Å². The summed E-state index contributed by atoms with van der Waals surface area (Å²) in [7, 11) is -3.48. The van der Waals surface area contributed by atoms with Crippen molar-refractivity contribution < 1.29 is 13.2 Å². The zero-order valence-electron chi connectivity index (χ0n) is 14.9. The molecule has 0 radical (unpaired) electrons. The van der Waals surface area contributed by atoms with Gasteiger partial charge in [-0.1, -0.05) is 25.0 Å². The van der Waals surface area contributed by atoms with Crippen LogP contribution in [-0.4, -0.2) is 41.0 Å². The molecule has 1 amide bonds. The van der Waals surface area contributed by atoms with E-state index in [9.17, 15) is 13.2 Å². The largest absolute Gasteiger partial charge is 0.349 e. The quantitative estimate of drug-likeness (QED) is 0.746. The predicted molar refractivity (Wildman–Crippen MR) is 101 cm³/mol. The fourth-order valence-electron chi connectivity index (χ4n) is 3.50. The van der Waals surface area contributed by atoms with Gasteiger partial charge >= 0.3 is 0 Å². The lowest BCUT2D eigenvalue weighted by atomic mass is 10.1. The van der Waals surface area contributed by atoms with Crippen LogP contribution < -0.4 is 5.32 Å². The number of carbonyl (C=O) groups excluding carboxylic acids is 1. The Balaban J connectivity index is 1.63. The molecule has 4 rings (SSSR count). The maximum Gasteiger partial charge on any atom is 0.251 e. The van der Waals surface area contributed by atoms with Crippen LogP contribution >= 0.6 is 0 Å². The Morgan fingerprint density at radius 3 is 2.52 bits per heavy atom. The first kappa shape index (κ1) is 17.7. The molecular formula is C19H20N4O3S. The summed E-state index contributed by atoms with van der Waals surface area (Å²) in [5.74, 6) is -0.0600. The fraction of sp³-hybridized carbons (Fsp3) is 0.316. The number of amides is 1. The van der Waals surface area contributed by atoms with Crippen LogP contribution in [0.2, 0.25) is 0 Å². The Kier molecular flexibility index (Phi) is 4.43. The number of rotatable bonds is 4. The standard InChI is InChI=1S/C19H20N4O3S/c1-27(25,26)19-17-21-12-16(23(17)11-10-20-19)13-6-8-14(9-7-13)18(24)22-15-4-2-3-5-15/h6-12,15H,2-5H2,1H3,(H,22,24). The van der Waals surface area contributed by atoms with Gasteiger partial charge in [0.25, 0.3) is 5.91 Å². The zero-order chi connectivity index (χ0) is 19.0. The van der Waals surface area contributed by atoms with Crippen molar-refractivity contribution in [1.29, 1.82) is 0 Å². The highest BCUT2D eigenvalue weighted by molar-refractivity contribution is 7.90. The number of fused-ring (bicyclic) bond motifs is 1. The number of benzene rings is 1. The maximum atomic E-state index is 12.4. The molecular weight excluding hydrogens is 364 g/mol. The third-order valence-corrected chi connectivity index (χ3v) is 5.87. The number of nitrogens with one attached hydrogen (secondary N) is 1. The van der Waals surface area contributed by atoms with Gasteiger partial charge in [0.15, 0.2) is 20.5 Å². The third kappa shape index (κ3) is 3.44. The van der Waals surface area contributed by atoms with E-state index in [1.165, 1.54) is 19.0 Å². The van der Waals surface area contributed by atoms with Crippen LogP contribution in [0, 0.1) is 0 Å². The predicted octanol–water partition coefficient (Wildman–Crippen LogP) is 2.47. The maximum absolute atomic E-state index is 12.4. The highest BCUT2D eigenvalue weighted by Gasteiger charge is 2.19. The van der Waals surface area contributed by atoms with E-state index < -0.39 is 9.84 Å². The van der Waals surface area contributed by atoms with Gasteiger partial charge in [-0.05, 0) is 25.0 Å². The summed E-state index contributed by atoms with van der Waals surface area (Å²) in [5.41, 5.74) is 2.47. The van der Waals surface area contributed by atoms with Gasteiger partial charge in [0.2, 0.25) is 0 Å². The number of nitrogens with zero attached hydrogens (tertiary/aromatic N) is 3. The molecule has 1 N–H and O–H groups in total. The highest BCUT2D eigenvalue weighted by Crippen LogP contribution is 2.24. The lowest BCUT2D eigenvalue weighted by Gasteiger charge is -2.12. The van der Waals surface area contributed by atoms with E-state index in [0.29, 0.717) is 5.56 Å². The second-order valence-electron chi connectivity index (χ2n) is 6.87. The summed E-state index contributed by atoms with van der Waals surface area (Å²) in [6.45, 7) is 0. The highest BCUT2D eigenvalue weighted by atomic mass is 32.2. The lowest BCUT2D eigenvalue weighted by molar-refractivity contribution is 0.0938. The van der Waals surface area contributed by atoms with E-state index in [4.69, 9.17) is 0 Å². The second-order valence-corrected chi connectivity index (χ2v) is 8.80. The molecule has 140 valence electrons. The van der Waals surface area contributed by atoms with Crippen molar-refractivity contribution in [3.63, 3.8) is 0 Å². The third-order valence-electron chi connectivity index (χ3n) is 4.88. The van der Waals surface area contributed by atoms with Crippen molar-refractivity contribution in [2.75, 3.05) is 6.26 Å². The molecule has 3 aromatic rings. The SMILES string of the molecule is CS(=O)(=O)c1nccn2c(-c3ccc(C(=O)NC4CCCC4)cc3)cnc12. The van der Waals surface area contributed by atoms with Crippen LogP contribution in [-0.2, 0) is 9.84 Å². The number of hydrogen-bond acceptors (Lipinski definition) is 5. The molecule has 0 unspecified atom stereocenters. The number of imidazole rings is 1. The zero-order valence-corrected chi connectivity index (χ0v) is 15.7. The molecule has 0 bridgehead atoms. The topological polar surface area (TPSA) is 93.4 Å². The average Bonchev–Trinajstić information content (AvgIpc) is 3.30. The first-order valence-corrected chi connectivity index (χ1v) is 10.8.